The van der Waals surface area contributed by atoms with E-state index in [1.807, 2.05) is 0 Å². The van der Waals surface area contributed by atoms with Gasteiger partial charge in [0.05, 0.1) is 11.3 Å². The van der Waals surface area contributed by atoms with E-state index in [-0.39, 0.29) is 17.8 Å². The fraction of sp³-hybridized carbons (Fsp3) is 0.286. The van der Waals surface area contributed by atoms with Gasteiger partial charge in [-0.15, -0.1) is 0 Å². The maximum absolute atomic E-state index is 13.5. The van der Waals surface area contributed by atoms with Gasteiger partial charge in [0.2, 0.25) is 0 Å². The lowest BCUT2D eigenvalue weighted by Crippen LogP contribution is -2.32. The van der Waals surface area contributed by atoms with Gasteiger partial charge in [0.1, 0.15) is 17.2 Å². The number of esters is 1. The zero-order valence-corrected chi connectivity index (χ0v) is 16.8. The predicted octanol–water partition coefficient (Wildman–Crippen LogP) is 3.79. The first kappa shape index (κ1) is 22.8. The van der Waals surface area contributed by atoms with Crippen molar-refractivity contribution in [1.82, 2.24) is 5.32 Å². The molecule has 2 N–H and O–H groups in total. The van der Waals surface area contributed by atoms with E-state index in [0.29, 0.717) is 0 Å². The molecule has 2 amide bonds. The summed E-state index contributed by atoms with van der Waals surface area (Å²) < 4.78 is 36.6. The SMILES string of the molecule is CC(C)(C)OC(=O)NCc1ccc(C(=O)OCC(=O)Nc2cc(F)ccc2F)cc1. The van der Waals surface area contributed by atoms with Crippen molar-refractivity contribution in [2.24, 2.45) is 0 Å². The molecule has 9 heteroatoms. The molecule has 2 aromatic rings. The molecule has 30 heavy (non-hydrogen) atoms. The number of benzene rings is 2. The number of nitrogens with one attached hydrogen (secondary N) is 2. The number of amides is 2. The molecular weight excluding hydrogens is 398 g/mol. The van der Waals surface area contributed by atoms with Crippen molar-refractivity contribution < 1.29 is 32.6 Å². The maximum Gasteiger partial charge on any atom is 0.407 e. The molecular formula is C21H22F2N2O5. The Morgan fingerprint density at radius 2 is 1.67 bits per heavy atom. The summed E-state index contributed by atoms with van der Waals surface area (Å²) in [7, 11) is 0. The summed E-state index contributed by atoms with van der Waals surface area (Å²) in [6.45, 7) is 4.79. The molecule has 0 radical (unpaired) electrons. The Bertz CT molecular complexity index is 924. The van der Waals surface area contributed by atoms with E-state index in [1.54, 1.807) is 32.9 Å². The van der Waals surface area contributed by atoms with Crippen LogP contribution in [0.2, 0.25) is 0 Å². The molecule has 0 fully saturated rings. The fourth-order valence-corrected chi connectivity index (χ4v) is 2.24. The van der Waals surface area contributed by atoms with Crippen LogP contribution in [-0.4, -0.2) is 30.2 Å². The minimum Gasteiger partial charge on any atom is -0.452 e. The number of hydrogen-bond acceptors (Lipinski definition) is 5. The van der Waals surface area contributed by atoms with Crippen molar-refractivity contribution in [2.45, 2.75) is 32.9 Å². The largest absolute Gasteiger partial charge is 0.452 e. The molecule has 160 valence electrons. The molecule has 7 nitrogen and oxygen atoms in total. The Morgan fingerprint density at radius 1 is 1.00 bits per heavy atom. The molecule has 0 heterocycles. The first-order chi connectivity index (χ1) is 14.0. The second-order valence-electron chi connectivity index (χ2n) is 7.30. The van der Waals surface area contributed by atoms with Gasteiger partial charge in [0.15, 0.2) is 6.61 Å². The lowest BCUT2D eigenvalue weighted by molar-refractivity contribution is -0.119. The van der Waals surface area contributed by atoms with Crippen LogP contribution in [0.15, 0.2) is 42.5 Å². The van der Waals surface area contributed by atoms with Crippen molar-refractivity contribution in [3.05, 3.63) is 65.2 Å². The first-order valence-corrected chi connectivity index (χ1v) is 9.01. The number of ether oxygens (including phenoxy) is 2. The third-order valence-electron chi connectivity index (χ3n) is 3.56. The Morgan fingerprint density at radius 3 is 2.30 bits per heavy atom. The number of hydrogen-bond donors (Lipinski definition) is 2. The van der Waals surface area contributed by atoms with Crippen molar-refractivity contribution in [3.8, 4) is 0 Å². The van der Waals surface area contributed by atoms with E-state index in [9.17, 15) is 23.2 Å². The van der Waals surface area contributed by atoms with E-state index < -0.39 is 41.8 Å². The molecule has 0 bridgehead atoms. The number of halogens is 2. The molecule has 0 atom stereocenters. The Labute approximate surface area is 172 Å². The average molecular weight is 420 g/mol. The van der Waals surface area contributed by atoms with Crippen LogP contribution in [0, 0.1) is 11.6 Å². The Hall–Kier alpha value is -3.49. The monoisotopic (exact) mass is 420 g/mol. The molecule has 0 saturated heterocycles. The minimum atomic E-state index is -0.814. The zero-order chi connectivity index (χ0) is 22.3. The molecule has 2 rings (SSSR count). The lowest BCUT2D eigenvalue weighted by Gasteiger charge is -2.19. The van der Waals surface area contributed by atoms with Gasteiger partial charge in [-0.2, -0.15) is 0 Å². The van der Waals surface area contributed by atoms with Gasteiger partial charge < -0.3 is 20.1 Å². The summed E-state index contributed by atoms with van der Waals surface area (Å²) in [6, 6.07) is 8.76. The highest BCUT2D eigenvalue weighted by atomic mass is 19.1. The van der Waals surface area contributed by atoms with E-state index >= 15 is 0 Å². The standard InChI is InChI=1S/C21H22F2N2O5/c1-21(2,3)30-20(28)24-11-13-4-6-14(7-5-13)19(27)29-12-18(26)25-17-10-15(22)8-9-16(17)23/h4-10H,11-12H2,1-3H3,(H,24,28)(H,25,26). The van der Waals surface area contributed by atoms with Crippen LogP contribution in [0.25, 0.3) is 0 Å². The normalized spacial score (nSPS) is 10.8. The maximum atomic E-state index is 13.5. The van der Waals surface area contributed by atoms with Crippen LogP contribution in [0.1, 0.15) is 36.7 Å². The highest BCUT2D eigenvalue weighted by Crippen LogP contribution is 2.15. The van der Waals surface area contributed by atoms with E-state index in [2.05, 4.69) is 10.6 Å². The van der Waals surface area contributed by atoms with Gasteiger partial charge >= 0.3 is 12.1 Å². The Balaban J connectivity index is 1.82. The molecule has 0 aromatic heterocycles. The van der Waals surface area contributed by atoms with Crippen molar-refractivity contribution >= 4 is 23.7 Å². The van der Waals surface area contributed by atoms with Gasteiger partial charge in [-0.05, 0) is 50.6 Å². The number of carbonyl (C=O) groups is 3. The fourth-order valence-electron chi connectivity index (χ4n) is 2.24. The number of carbonyl (C=O) groups excluding carboxylic acids is 3. The number of anilines is 1. The molecule has 2 aromatic carbocycles. The summed E-state index contributed by atoms with van der Waals surface area (Å²) in [5, 5.41) is 4.72. The van der Waals surface area contributed by atoms with Crippen LogP contribution in [0.5, 0.6) is 0 Å². The van der Waals surface area contributed by atoms with Crippen LogP contribution in [0.4, 0.5) is 19.3 Å². The highest BCUT2D eigenvalue weighted by molar-refractivity contribution is 5.95. The number of rotatable bonds is 6. The van der Waals surface area contributed by atoms with Crippen LogP contribution >= 0.6 is 0 Å². The third-order valence-corrected chi connectivity index (χ3v) is 3.56. The van der Waals surface area contributed by atoms with E-state index in [4.69, 9.17) is 9.47 Å². The summed E-state index contributed by atoms with van der Waals surface area (Å²) in [4.78, 5) is 35.5. The molecule has 0 spiro atoms. The van der Waals surface area contributed by atoms with E-state index in [1.165, 1.54) is 12.1 Å². The van der Waals surface area contributed by atoms with E-state index in [0.717, 1.165) is 23.8 Å². The minimum absolute atomic E-state index is 0.181. The highest BCUT2D eigenvalue weighted by Gasteiger charge is 2.16. The summed E-state index contributed by atoms with van der Waals surface area (Å²) in [5.41, 5.74) is -0.0554. The third kappa shape index (κ3) is 7.50. The lowest BCUT2D eigenvalue weighted by atomic mass is 10.1. The molecule has 0 aliphatic carbocycles. The molecule has 0 aliphatic heterocycles. The zero-order valence-electron chi connectivity index (χ0n) is 16.8. The van der Waals surface area contributed by atoms with Gasteiger partial charge in [-0.1, -0.05) is 12.1 Å². The Kier molecular flexibility index (Phi) is 7.46. The molecule has 0 saturated carbocycles. The van der Waals surface area contributed by atoms with Gasteiger partial charge in [-0.3, -0.25) is 4.79 Å². The quantitative estimate of drug-likeness (QED) is 0.694. The van der Waals surface area contributed by atoms with Gasteiger partial charge in [-0.25, -0.2) is 18.4 Å². The van der Waals surface area contributed by atoms with Crippen molar-refractivity contribution in [3.63, 3.8) is 0 Å². The van der Waals surface area contributed by atoms with Crippen molar-refractivity contribution in [2.75, 3.05) is 11.9 Å². The van der Waals surface area contributed by atoms with Crippen molar-refractivity contribution in [1.29, 1.82) is 0 Å². The molecule has 0 unspecified atom stereocenters. The predicted molar refractivity (Wildman–Crippen MR) is 105 cm³/mol. The summed E-state index contributed by atoms with van der Waals surface area (Å²) in [5.74, 6) is -3.11. The van der Waals surface area contributed by atoms with Gasteiger partial charge in [0.25, 0.3) is 5.91 Å². The topological polar surface area (TPSA) is 93.7 Å². The second-order valence-corrected chi connectivity index (χ2v) is 7.30. The van der Waals surface area contributed by atoms with Gasteiger partial charge in [0, 0.05) is 12.6 Å². The molecule has 0 aliphatic rings. The van der Waals surface area contributed by atoms with Crippen LogP contribution < -0.4 is 10.6 Å². The summed E-state index contributed by atoms with van der Waals surface area (Å²) in [6.07, 6.45) is -0.563. The van der Waals surface area contributed by atoms with Crippen LogP contribution in [-0.2, 0) is 20.8 Å². The first-order valence-electron chi connectivity index (χ1n) is 9.01. The smallest absolute Gasteiger partial charge is 0.407 e. The average Bonchev–Trinajstić information content (AvgIpc) is 2.66. The summed E-state index contributed by atoms with van der Waals surface area (Å²) >= 11 is 0. The number of alkyl carbamates (subject to hydrolysis) is 1. The second kappa shape index (κ2) is 9.82. The van der Waals surface area contributed by atoms with Crippen LogP contribution in [0.3, 0.4) is 0 Å².